The molecule has 7 nitrogen and oxygen atoms in total. The number of hydrogen-bond donors (Lipinski definition) is 5. The summed E-state index contributed by atoms with van der Waals surface area (Å²) in [5, 5.41) is 46.1. The molecule has 5 N–H and O–H groups in total. The lowest BCUT2D eigenvalue weighted by atomic mass is 9.95. The minimum atomic E-state index is -1.61. The maximum atomic E-state index is 9.52. The van der Waals surface area contributed by atoms with Gasteiger partial charge in [0.2, 0.25) is 0 Å². The van der Waals surface area contributed by atoms with E-state index in [0.29, 0.717) is 0 Å². The van der Waals surface area contributed by atoms with E-state index in [-0.39, 0.29) is 0 Å². The molecule has 7 heteroatoms. The van der Waals surface area contributed by atoms with Crippen molar-refractivity contribution in [2.75, 3.05) is 13.7 Å². The van der Waals surface area contributed by atoms with E-state index in [1.807, 2.05) is 0 Å². The van der Waals surface area contributed by atoms with Crippen LogP contribution < -0.4 is 0 Å². The van der Waals surface area contributed by atoms with Crippen molar-refractivity contribution in [2.24, 2.45) is 0 Å². The Labute approximate surface area is 86.5 Å². The van der Waals surface area contributed by atoms with E-state index in [2.05, 4.69) is 0 Å². The van der Waals surface area contributed by atoms with E-state index in [9.17, 15) is 20.4 Å². The van der Waals surface area contributed by atoms with Gasteiger partial charge in [0.05, 0.1) is 6.61 Å². The fourth-order valence-electron chi connectivity index (χ4n) is 1.51. The molecule has 1 saturated heterocycles. The molecule has 1 rings (SSSR count). The lowest BCUT2D eigenvalue weighted by Crippen LogP contribution is -2.61. The van der Waals surface area contributed by atoms with Crippen LogP contribution in [0.1, 0.15) is 0 Å². The van der Waals surface area contributed by atoms with Crippen LogP contribution in [0.2, 0.25) is 0 Å². The maximum absolute atomic E-state index is 9.52. The van der Waals surface area contributed by atoms with Crippen LogP contribution in [0.4, 0.5) is 0 Å². The summed E-state index contributed by atoms with van der Waals surface area (Å²) in [4.78, 5) is 0. The zero-order valence-electron chi connectivity index (χ0n) is 8.22. The van der Waals surface area contributed by atoms with Crippen LogP contribution in [0.3, 0.4) is 0 Å². The Morgan fingerprint density at radius 3 is 2.20 bits per heavy atom. The van der Waals surface area contributed by atoms with Crippen LogP contribution in [0.5, 0.6) is 0 Å². The van der Waals surface area contributed by atoms with Crippen molar-refractivity contribution in [3.63, 3.8) is 0 Å². The molecule has 0 amide bonds. The molecule has 0 aromatic heterocycles. The van der Waals surface area contributed by atoms with Gasteiger partial charge in [0.25, 0.3) is 0 Å². The molecule has 0 unspecified atom stereocenters. The molecule has 1 heterocycles. The van der Waals surface area contributed by atoms with Gasteiger partial charge < -0.3 is 35.0 Å². The van der Waals surface area contributed by atoms with E-state index in [1.165, 1.54) is 7.11 Å². The molecule has 0 radical (unpaired) electrons. The molecule has 0 aliphatic carbocycles. The first kappa shape index (κ1) is 12.8. The van der Waals surface area contributed by atoms with Crippen LogP contribution in [-0.2, 0) is 9.47 Å². The number of aliphatic hydroxyl groups is 5. The average molecular weight is 224 g/mol. The summed E-state index contributed by atoms with van der Waals surface area (Å²) in [6.07, 6.45) is -8.13. The highest BCUT2D eigenvalue weighted by molar-refractivity contribution is 4.92. The molecular weight excluding hydrogens is 208 g/mol. The van der Waals surface area contributed by atoms with Crippen molar-refractivity contribution < 1.29 is 35.0 Å². The minimum absolute atomic E-state index is 0.437. The highest BCUT2D eigenvalue weighted by Crippen LogP contribution is 2.22. The topological polar surface area (TPSA) is 120 Å². The van der Waals surface area contributed by atoms with Gasteiger partial charge in [0, 0.05) is 7.11 Å². The molecule has 0 bridgehead atoms. The van der Waals surface area contributed by atoms with Crippen LogP contribution in [0.15, 0.2) is 0 Å². The Morgan fingerprint density at radius 1 is 1.13 bits per heavy atom. The summed E-state index contributed by atoms with van der Waals surface area (Å²) in [5.74, 6) is 0. The summed E-state index contributed by atoms with van der Waals surface area (Å²) < 4.78 is 9.64. The van der Waals surface area contributed by atoms with Crippen LogP contribution in [-0.4, -0.2) is 76.1 Å². The predicted molar refractivity (Wildman–Crippen MR) is 46.8 cm³/mol. The van der Waals surface area contributed by atoms with Crippen molar-refractivity contribution in [3.05, 3.63) is 0 Å². The number of rotatable bonds is 3. The van der Waals surface area contributed by atoms with Gasteiger partial charge in [0.1, 0.15) is 30.5 Å². The van der Waals surface area contributed by atoms with Crippen molar-refractivity contribution in [2.45, 2.75) is 36.8 Å². The quantitative estimate of drug-likeness (QED) is 0.342. The summed E-state index contributed by atoms with van der Waals surface area (Å²) >= 11 is 0. The van der Waals surface area contributed by atoms with E-state index in [4.69, 9.17) is 14.6 Å². The molecule has 1 aliphatic rings. The third kappa shape index (κ3) is 2.45. The Morgan fingerprint density at radius 2 is 1.73 bits per heavy atom. The summed E-state index contributed by atoms with van der Waals surface area (Å²) in [6.45, 7) is -0.437. The van der Waals surface area contributed by atoms with Gasteiger partial charge in [0.15, 0.2) is 6.29 Å². The highest BCUT2D eigenvalue weighted by Gasteiger charge is 2.46. The summed E-state index contributed by atoms with van der Waals surface area (Å²) in [7, 11) is 1.29. The number of aliphatic hydroxyl groups excluding tert-OH is 5. The average Bonchev–Trinajstić information content (AvgIpc) is 2.24. The third-order valence-electron chi connectivity index (χ3n) is 2.47. The number of ether oxygens (including phenoxy) is 2. The fraction of sp³-hybridized carbons (Fsp3) is 1.00. The Hall–Kier alpha value is -0.280. The molecule has 0 aromatic carbocycles. The molecular formula is C8H16O7. The first-order valence-electron chi connectivity index (χ1n) is 4.54. The predicted octanol–water partition coefficient (Wildman–Crippen LogP) is -3.21. The van der Waals surface area contributed by atoms with Crippen molar-refractivity contribution >= 4 is 0 Å². The lowest BCUT2D eigenvalue weighted by Gasteiger charge is -2.40. The molecule has 6 atom stereocenters. The van der Waals surface area contributed by atoms with E-state index in [1.54, 1.807) is 0 Å². The second-order valence-corrected chi connectivity index (χ2v) is 3.42. The minimum Gasteiger partial charge on any atom is -0.394 e. The standard InChI is InChI=1S/C8H16O7/c1-14-3(2-9)7-5(11)4(10)6(12)8(13)15-7/h3-13H,2H2,1H3/t3-,4-,5-,6+,7+,8-/m1/s1. The molecule has 1 fully saturated rings. The monoisotopic (exact) mass is 224 g/mol. The molecule has 0 spiro atoms. The van der Waals surface area contributed by atoms with Gasteiger partial charge in [-0.05, 0) is 0 Å². The number of hydrogen-bond acceptors (Lipinski definition) is 7. The van der Waals surface area contributed by atoms with Crippen LogP contribution >= 0.6 is 0 Å². The van der Waals surface area contributed by atoms with Gasteiger partial charge in [-0.3, -0.25) is 0 Å². The van der Waals surface area contributed by atoms with Crippen molar-refractivity contribution in [1.29, 1.82) is 0 Å². The van der Waals surface area contributed by atoms with Gasteiger partial charge in [-0.1, -0.05) is 0 Å². The molecule has 15 heavy (non-hydrogen) atoms. The first-order valence-corrected chi connectivity index (χ1v) is 4.54. The van der Waals surface area contributed by atoms with Gasteiger partial charge in [-0.15, -0.1) is 0 Å². The van der Waals surface area contributed by atoms with Crippen molar-refractivity contribution in [3.8, 4) is 0 Å². The summed E-state index contributed by atoms with van der Waals surface area (Å²) in [6, 6.07) is 0. The highest BCUT2D eigenvalue weighted by atomic mass is 16.6. The number of methoxy groups -OCH3 is 1. The fourth-order valence-corrected chi connectivity index (χ4v) is 1.51. The second kappa shape index (κ2) is 5.17. The normalized spacial score (nSPS) is 44.0. The van der Waals surface area contributed by atoms with Gasteiger partial charge in [-0.2, -0.15) is 0 Å². The molecule has 0 saturated carbocycles. The second-order valence-electron chi connectivity index (χ2n) is 3.42. The smallest absolute Gasteiger partial charge is 0.184 e. The maximum Gasteiger partial charge on any atom is 0.184 e. The third-order valence-corrected chi connectivity index (χ3v) is 2.47. The lowest BCUT2D eigenvalue weighted by molar-refractivity contribution is -0.300. The zero-order valence-corrected chi connectivity index (χ0v) is 8.22. The van der Waals surface area contributed by atoms with E-state index < -0.39 is 43.4 Å². The largest absolute Gasteiger partial charge is 0.394 e. The van der Waals surface area contributed by atoms with E-state index >= 15 is 0 Å². The van der Waals surface area contributed by atoms with Crippen LogP contribution in [0.25, 0.3) is 0 Å². The van der Waals surface area contributed by atoms with Crippen molar-refractivity contribution in [1.82, 2.24) is 0 Å². The Kier molecular flexibility index (Phi) is 4.41. The molecule has 90 valence electrons. The Balaban J connectivity index is 2.73. The van der Waals surface area contributed by atoms with E-state index in [0.717, 1.165) is 0 Å². The first-order chi connectivity index (χ1) is 7.02. The molecule has 1 aliphatic heterocycles. The SMILES string of the molecule is CO[C@H](CO)[C@@H]1O[C@@H](O)[C@@H](O)[C@H](O)[C@H]1O. The van der Waals surface area contributed by atoms with Crippen LogP contribution in [0, 0.1) is 0 Å². The Bertz CT molecular complexity index is 195. The van der Waals surface area contributed by atoms with Gasteiger partial charge >= 0.3 is 0 Å². The summed E-state index contributed by atoms with van der Waals surface area (Å²) in [5.41, 5.74) is 0. The zero-order chi connectivity index (χ0) is 11.6. The van der Waals surface area contributed by atoms with Gasteiger partial charge in [-0.25, -0.2) is 0 Å². The molecule has 0 aromatic rings.